The van der Waals surface area contributed by atoms with E-state index in [9.17, 15) is 5.11 Å². The van der Waals surface area contributed by atoms with Crippen molar-refractivity contribution < 1.29 is 26.6 Å². The highest BCUT2D eigenvalue weighted by atomic mass is 79.9. The molecule has 4 heteroatoms. The lowest BCUT2D eigenvalue weighted by Crippen LogP contribution is -3.00. The molecule has 0 aliphatic carbocycles. The van der Waals surface area contributed by atoms with E-state index in [1.165, 1.54) is 103 Å². The van der Waals surface area contributed by atoms with Gasteiger partial charge in [0, 0.05) is 0 Å². The first kappa shape index (κ1) is 29.9. The Labute approximate surface area is 186 Å². The average molecular weight is 471 g/mol. The van der Waals surface area contributed by atoms with Crippen LogP contribution in [0.4, 0.5) is 0 Å². The molecule has 0 aromatic carbocycles. The molecule has 0 spiro atoms. The minimum atomic E-state index is -0.368. The first-order chi connectivity index (χ1) is 12.5. The summed E-state index contributed by atoms with van der Waals surface area (Å²) in [5.74, 6) is 0.348. The summed E-state index contributed by atoms with van der Waals surface area (Å²) in [6.07, 6.45) is 22.2. The number of halogens is 2. The quantitative estimate of drug-likeness (QED) is 0.162. The molecule has 0 radical (unpaired) electrons. The molecule has 0 saturated heterocycles. The molecule has 0 bridgehead atoms. The van der Waals surface area contributed by atoms with Crippen molar-refractivity contribution in [1.29, 1.82) is 0 Å². The summed E-state index contributed by atoms with van der Waals surface area (Å²) >= 11 is 5.70. The van der Waals surface area contributed by atoms with Crippen molar-refractivity contribution in [3.05, 3.63) is 0 Å². The Bertz CT molecular complexity index is 290. The van der Waals surface area contributed by atoms with E-state index >= 15 is 0 Å². The zero-order valence-electron chi connectivity index (χ0n) is 18.7. The van der Waals surface area contributed by atoms with Gasteiger partial charge in [0.15, 0.2) is 0 Å². The third-order valence-corrected chi connectivity index (χ3v) is 5.86. The largest absolute Gasteiger partial charge is 1.00 e. The van der Waals surface area contributed by atoms with Crippen molar-refractivity contribution in [2.45, 2.75) is 116 Å². The van der Waals surface area contributed by atoms with E-state index in [0.29, 0.717) is 5.88 Å². The van der Waals surface area contributed by atoms with Gasteiger partial charge in [0.2, 0.25) is 0 Å². The molecule has 0 amide bonds. The number of rotatable bonds is 20. The fourth-order valence-electron chi connectivity index (χ4n) is 3.80. The van der Waals surface area contributed by atoms with E-state index in [4.69, 9.17) is 11.6 Å². The molecule has 27 heavy (non-hydrogen) atoms. The standard InChI is InChI=1S/C23H49ClNO.BrH/c1-4-5-6-7-8-9-10-11-12-13-14-15-16-17-18-19-20-25(2,3)22-23(26)21-24;/h23,26H,4-22H2,1-3H3;1H/q+1;/p-1. The second kappa shape index (κ2) is 21.4. The van der Waals surface area contributed by atoms with Crippen LogP contribution < -0.4 is 17.0 Å². The lowest BCUT2D eigenvalue weighted by molar-refractivity contribution is -0.893. The SMILES string of the molecule is CCCCCCCCCCCCCCCCCC[N+](C)(C)CC(O)CCl.[Br-]. The highest BCUT2D eigenvalue weighted by molar-refractivity contribution is 6.18. The predicted octanol–water partition coefficient (Wildman–Crippen LogP) is 3.93. The predicted molar refractivity (Wildman–Crippen MR) is 118 cm³/mol. The van der Waals surface area contributed by atoms with Crippen LogP contribution in [0.3, 0.4) is 0 Å². The van der Waals surface area contributed by atoms with E-state index in [0.717, 1.165) is 17.6 Å². The van der Waals surface area contributed by atoms with Gasteiger partial charge >= 0.3 is 0 Å². The number of aliphatic hydroxyl groups is 1. The fourth-order valence-corrected chi connectivity index (χ4v) is 3.90. The van der Waals surface area contributed by atoms with E-state index in [2.05, 4.69) is 21.0 Å². The Balaban J connectivity index is 0. The number of hydrogen-bond donors (Lipinski definition) is 1. The van der Waals surface area contributed by atoms with Gasteiger partial charge in [0.25, 0.3) is 0 Å². The number of hydrogen-bond acceptors (Lipinski definition) is 1. The van der Waals surface area contributed by atoms with E-state index < -0.39 is 0 Å². The zero-order chi connectivity index (χ0) is 19.5. The number of unbranched alkanes of at least 4 members (excludes halogenated alkanes) is 15. The zero-order valence-corrected chi connectivity index (χ0v) is 21.0. The second-order valence-corrected chi connectivity index (χ2v) is 9.26. The summed E-state index contributed by atoms with van der Waals surface area (Å²) in [5.41, 5.74) is 0. The summed E-state index contributed by atoms with van der Waals surface area (Å²) in [6.45, 7) is 4.20. The van der Waals surface area contributed by atoms with Crippen LogP contribution in [0.1, 0.15) is 110 Å². The van der Waals surface area contributed by atoms with Crippen molar-refractivity contribution >= 4 is 11.6 Å². The van der Waals surface area contributed by atoms with Crippen molar-refractivity contribution in [1.82, 2.24) is 0 Å². The third kappa shape index (κ3) is 22.8. The number of quaternary nitrogens is 1. The van der Waals surface area contributed by atoms with Crippen molar-refractivity contribution in [2.75, 3.05) is 33.1 Å². The summed E-state index contributed by atoms with van der Waals surface area (Å²) in [5, 5.41) is 9.68. The lowest BCUT2D eigenvalue weighted by atomic mass is 10.0. The second-order valence-electron chi connectivity index (χ2n) is 8.95. The molecule has 0 aromatic rings. The first-order valence-electron chi connectivity index (χ1n) is 11.6. The molecular weight excluding hydrogens is 422 g/mol. The van der Waals surface area contributed by atoms with Gasteiger partial charge in [-0.2, -0.15) is 0 Å². The molecule has 0 aromatic heterocycles. The van der Waals surface area contributed by atoms with Crippen LogP contribution in [-0.4, -0.2) is 48.8 Å². The van der Waals surface area contributed by atoms with Crippen LogP contribution in [0.15, 0.2) is 0 Å². The van der Waals surface area contributed by atoms with Crippen molar-refractivity contribution in [3.63, 3.8) is 0 Å². The van der Waals surface area contributed by atoms with Crippen LogP contribution in [0.5, 0.6) is 0 Å². The molecule has 166 valence electrons. The average Bonchev–Trinajstić information content (AvgIpc) is 2.60. The van der Waals surface area contributed by atoms with Gasteiger partial charge in [0.1, 0.15) is 12.6 Å². The highest BCUT2D eigenvalue weighted by Crippen LogP contribution is 2.14. The smallest absolute Gasteiger partial charge is 0.116 e. The third-order valence-electron chi connectivity index (χ3n) is 5.50. The normalized spacial score (nSPS) is 12.8. The molecule has 1 N–H and O–H groups in total. The van der Waals surface area contributed by atoms with Gasteiger partial charge in [-0.15, -0.1) is 11.6 Å². The molecule has 0 saturated carbocycles. The molecule has 1 atom stereocenters. The minimum absolute atomic E-state index is 0. The van der Waals surface area contributed by atoms with Crippen LogP contribution in [0.2, 0.25) is 0 Å². The van der Waals surface area contributed by atoms with Crippen LogP contribution in [0.25, 0.3) is 0 Å². The van der Waals surface area contributed by atoms with Crippen molar-refractivity contribution in [3.8, 4) is 0 Å². The van der Waals surface area contributed by atoms with Gasteiger partial charge < -0.3 is 26.6 Å². The van der Waals surface area contributed by atoms with Crippen LogP contribution >= 0.6 is 11.6 Å². The maximum atomic E-state index is 9.68. The molecule has 0 heterocycles. The molecule has 0 rings (SSSR count). The topological polar surface area (TPSA) is 20.2 Å². The molecule has 0 aliphatic heterocycles. The summed E-state index contributed by atoms with van der Waals surface area (Å²) in [4.78, 5) is 0. The Morgan fingerprint density at radius 1 is 0.667 bits per heavy atom. The highest BCUT2D eigenvalue weighted by Gasteiger charge is 2.19. The van der Waals surface area contributed by atoms with Crippen LogP contribution in [0, 0.1) is 0 Å². The van der Waals surface area contributed by atoms with Gasteiger partial charge in [-0.1, -0.05) is 96.8 Å². The molecule has 0 aliphatic rings. The fraction of sp³-hybridized carbons (Fsp3) is 1.00. The monoisotopic (exact) mass is 469 g/mol. The van der Waals surface area contributed by atoms with E-state index in [1.54, 1.807) is 0 Å². The van der Waals surface area contributed by atoms with Crippen molar-refractivity contribution in [2.24, 2.45) is 0 Å². The Hall–Kier alpha value is 0.690. The first-order valence-corrected chi connectivity index (χ1v) is 12.1. The lowest BCUT2D eigenvalue weighted by Gasteiger charge is -2.31. The van der Waals surface area contributed by atoms with E-state index in [-0.39, 0.29) is 23.1 Å². The Kier molecular flexibility index (Phi) is 23.7. The van der Waals surface area contributed by atoms with E-state index in [1.807, 2.05) is 0 Å². The molecule has 2 nitrogen and oxygen atoms in total. The number of nitrogens with zero attached hydrogens (tertiary/aromatic N) is 1. The van der Waals surface area contributed by atoms with Crippen LogP contribution in [-0.2, 0) is 0 Å². The number of aliphatic hydroxyl groups excluding tert-OH is 1. The number of likely N-dealkylation sites (N-methyl/N-ethyl adjacent to an activating group) is 1. The van der Waals surface area contributed by atoms with Gasteiger partial charge in [0.05, 0.1) is 26.5 Å². The maximum Gasteiger partial charge on any atom is 0.116 e. The summed E-state index contributed by atoms with van der Waals surface area (Å²) in [7, 11) is 4.39. The summed E-state index contributed by atoms with van der Waals surface area (Å²) in [6, 6.07) is 0. The molecule has 0 fully saturated rings. The Morgan fingerprint density at radius 2 is 1.00 bits per heavy atom. The molecular formula is C23H49BrClNO. The summed E-state index contributed by atoms with van der Waals surface area (Å²) < 4.78 is 0.881. The number of alkyl halides is 1. The van der Waals surface area contributed by atoms with Gasteiger partial charge in [-0.05, 0) is 12.8 Å². The minimum Gasteiger partial charge on any atom is -1.00 e. The molecule has 1 unspecified atom stereocenters. The Morgan fingerprint density at radius 3 is 1.33 bits per heavy atom. The van der Waals surface area contributed by atoms with Gasteiger partial charge in [-0.25, -0.2) is 0 Å². The maximum absolute atomic E-state index is 9.68. The van der Waals surface area contributed by atoms with Gasteiger partial charge in [-0.3, -0.25) is 0 Å².